The minimum absolute atomic E-state index is 0.101. The third kappa shape index (κ3) is 5.78. The van der Waals surface area contributed by atoms with Crippen molar-refractivity contribution >= 4 is 16.0 Å². The molecule has 9 heteroatoms. The van der Waals surface area contributed by atoms with Gasteiger partial charge >= 0.3 is 16.4 Å². The lowest BCUT2D eigenvalue weighted by Crippen LogP contribution is -2.47. The number of aryl methyl sites for hydroxylation is 1. The van der Waals surface area contributed by atoms with Gasteiger partial charge in [-0.2, -0.15) is 17.2 Å². The molecule has 0 aliphatic heterocycles. The van der Waals surface area contributed by atoms with Crippen LogP contribution in [-0.2, 0) is 20.9 Å². The van der Waals surface area contributed by atoms with Crippen molar-refractivity contribution in [2.45, 2.75) is 89.6 Å². The van der Waals surface area contributed by atoms with E-state index in [0.717, 1.165) is 19.3 Å². The van der Waals surface area contributed by atoms with Crippen LogP contribution in [0.4, 0.5) is 18.9 Å². The van der Waals surface area contributed by atoms with Gasteiger partial charge in [-0.25, -0.2) is 4.39 Å². The number of halogens is 3. The minimum atomic E-state index is -4.03. The molecule has 5 nitrogen and oxygen atoms in total. The first-order chi connectivity index (χ1) is 17.5. The van der Waals surface area contributed by atoms with Crippen LogP contribution in [0.15, 0.2) is 42.8 Å². The van der Waals surface area contributed by atoms with Crippen LogP contribution in [0, 0.1) is 16.7 Å². The molecular formula is C28H38F3NO4S. The number of hydrogen-bond acceptors (Lipinski definition) is 4. The van der Waals surface area contributed by atoms with Crippen LogP contribution in [-0.4, -0.2) is 26.2 Å². The lowest BCUT2D eigenvalue weighted by atomic mass is 9.47. The van der Waals surface area contributed by atoms with Crippen molar-refractivity contribution in [3.8, 4) is 0 Å². The van der Waals surface area contributed by atoms with Crippen LogP contribution in [0.25, 0.3) is 0 Å². The number of unbranched alkanes of at least 4 members (excludes halogenated alkanes) is 2. The Kier molecular flexibility index (Phi) is 8.46. The monoisotopic (exact) mass is 541 g/mol. The van der Waals surface area contributed by atoms with E-state index in [1.807, 2.05) is 6.07 Å². The molecular weight excluding hydrogens is 503 g/mol. The summed E-state index contributed by atoms with van der Waals surface area (Å²) in [6, 6.07) is 5.78. The van der Waals surface area contributed by atoms with E-state index >= 15 is 0 Å². The Hall–Kier alpha value is -1.84. The maximum Gasteiger partial charge on any atom is 0.359 e. The number of fused-ring (bicyclic) bond motifs is 5. The first-order valence-electron chi connectivity index (χ1n) is 13.3. The van der Waals surface area contributed by atoms with Crippen LogP contribution < -0.4 is 4.72 Å². The van der Waals surface area contributed by atoms with Gasteiger partial charge < -0.3 is 5.11 Å². The number of anilines is 1. The summed E-state index contributed by atoms with van der Waals surface area (Å²) in [5.41, 5.74) is 3.46. The summed E-state index contributed by atoms with van der Waals surface area (Å²) in [5.74, 6) is -0.751. The zero-order valence-corrected chi connectivity index (χ0v) is 22.3. The molecule has 1 unspecified atom stereocenters. The summed E-state index contributed by atoms with van der Waals surface area (Å²) < 4.78 is 69.6. The Bertz CT molecular complexity index is 1140. The highest BCUT2D eigenvalue weighted by molar-refractivity contribution is 7.88. The second-order valence-corrected chi connectivity index (χ2v) is 12.6. The van der Waals surface area contributed by atoms with Gasteiger partial charge in [0, 0.05) is 0 Å². The van der Waals surface area contributed by atoms with Crippen molar-refractivity contribution in [2.75, 3.05) is 11.3 Å². The fourth-order valence-electron chi connectivity index (χ4n) is 7.40. The minimum Gasteiger partial charge on any atom is -0.386 e. The molecule has 0 saturated heterocycles. The molecule has 0 bridgehead atoms. The highest BCUT2D eigenvalue weighted by Gasteiger charge is 2.57. The van der Waals surface area contributed by atoms with Crippen LogP contribution in [0.3, 0.4) is 0 Å². The molecule has 4 rings (SSSR count). The van der Waals surface area contributed by atoms with Gasteiger partial charge in [-0.15, -0.1) is 6.58 Å². The maximum atomic E-state index is 12.9. The molecule has 0 heterocycles. The molecule has 2 fully saturated rings. The van der Waals surface area contributed by atoms with Crippen LogP contribution in [0.5, 0.6) is 0 Å². The third-order valence-corrected chi connectivity index (χ3v) is 10.1. The average Bonchev–Trinajstić information content (AvgIpc) is 3.27. The van der Waals surface area contributed by atoms with Crippen molar-refractivity contribution in [3.05, 3.63) is 53.9 Å². The molecule has 2 N–H and O–H groups in total. The fraction of sp³-hybridized carbons (Fsp3) is 0.643. The number of nitrogens with one attached hydrogen (secondary N) is 1. The Morgan fingerprint density at radius 2 is 2.00 bits per heavy atom. The van der Waals surface area contributed by atoms with Gasteiger partial charge in [-0.3, -0.25) is 8.91 Å². The fourth-order valence-corrected chi connectivity index (χ4v) is 8.22. The Morgan fingerprint density at radius 1 is 1.22 bits per heavy atom. The smallest absolute Gasteiger partial charge is 0.359 e. The van der Waals surface area contributed by atoms with Crippen LogP contribution in [0.1, 0.15) is 88.2 Å². The molecule has 1 aromatic rings. The van der Waals surface area contributed by atoms with Crippen LogP contribution >= 0.6 is 0 Å². The van der Waals surface area contributed by atoms with E-state index in [-0.39, 0.29) is 24.9 Å². The second-order valence-electron chi connectivity index (χ2n) is 11.3. The SMILES string of the molecule is C=C[C@@]12CCc3cc(NS(=O)(=O)OCCCCCC(O)C(F)=C(F)F)ccc3[C@H]1CC[C@]1(C)CCC[C@H]12. The number of aliphatic hydroxyl groups is 1. The largest absolute Gasteiger partial charge is 0.386 e. The number of hydrogen-bond donors (Lipinski definition) is 2. The zero-order chi connectivity index (χ0) is 26.8. The van der Waals surface area contributed by atoms with Crippen LogP contribution in [0.2, 0.25) is 0 Å². The molecule has 206 valence electrons. The van der Waals surface area contributed by atoms with Gasteiger partial charge in [0.2, 0.25) is 0 Å². The molecule has 3 aliphatic carbocycles. The second kappa shape index (κ2) is 11.1. The molecule has 37 heavy (non-hydrogen) atoms. The van der Waals surface area contributed by atoms with Crippen molar-refractivity contribution in [3.63, 3.8) is 0 Å². The van der Waals surface area contributed by atoms with Crippen molar-refractivity contribution in [1.29, 1.82) is 0 Å². The highest BCUT2D eigenvalue weighted by Crippen LogP contribution is 2.67. The van der Waals surface area contributed by atoms with E-state index < -0.39 is 28.3 Å². The zero-order valence-electron chi connectivity index (χ0n) is 21.4. The summed E-state index contributed by atoms with van der Waals surface area (Å²) in [6.07, 6.45) is 6.79. The lowest BCUT2D eigenvalue weighted by molar-refractivity contribution is 0.00462. The summed E-state index contributed by atoms with van der Waals surface area (Å²) in [6.45, 7) is 6.64. The van der Waals surface area contributed by atoms with E-state index in [4.69, 9.17) is 4.18 Å². The summed E-state index contributed by atoms with van der Waals surface area (Å²) >= 11 is 0. The van der Waals surface area contributed by atoms with Gasteiger partial charge in [0.25, 0.3) is 0 Å². The van der Waals surface area contributed by atoms with E-state index in [1.165, 1.54) is 36.8 Å². The molecule has 0 aromatic heterocycles. The molecule has 2 saturated carbocycles. The lowest BCUT2D eigenvalue weighted by Gasteiger charge is -2.56. The van der Waals surface area contributed by atoms with Gasteiger partial charge in [0.1, 0.15) is 6.10 Å². The topological polar surface area (TPSA) is 75.6 Å². The standard InChI is InChI=1S/C28H38F3NO4S/c1-3-28-16-12-19-18-20(10-11-21(19)22(28)13-15-27(2)14-7-9-24(27)28)32-37(34,35)36-17-6-4-5-8-23(33)25(29)26(30)31/h3,10-11,18,22-24,32-33H,1,4-9,12-17H2,2H3/t22-,23?,24-,27+,28-/m1/s1. The van der Waals surface area contributed by atoms with Gasteiger partial charge in [-0.1, -0.05) is 38.3 Å². The molecule has 0 spiro atoms. The van der Waals surface area contributed by atoms with E-state index in [1.54, 1.807) is 6.07 Å². The number of aliphatic hydroxyl groups excluding tert-OH is 1. The first kappa shape index (κ1) is 28.2. The Morgan fingerprint density at radius 3 is 2.73 bits per heavy atom. The summed E-state index contributed by atoms with van der Waals surface area (Å²) in [7, 11) is -4.03. The van der Waals surface area contributed by atoms with Gasteiger partial charge in [0.05, 0.1) is 12.3 Å². The normalized spacial score (nSPS) is 29.5. The van der Waals surface area contributed by atoms with Crippen molar-refractivity contribution in [2.24, 2.45) is 16.7 Å². The molecule has 0 amide bonds. The van der Waals surface area contributed by atoms with Gasteiger partial charge in [0.15, 0.2) is 5.83 Å². The van der Waals surface area contributed by atoms with Crippen molar-refractivity contribution < 1.29 is 30.9 Å². The highest BCUT2D eigenvalue weighted by atomic mass is 32.2. The quantitative estimate of drug-likeness (QED) is 0.230. The summed E-state index contributed by atoms with van der Waals surface area (Å²) in [5, 5.41) is 9.31. The number of benzene rings is 1. The predicted molar refractivity (Wildman–Crippen MR) is 138 cm³/mol. The number of allylic oxidation sites excluding steroid dienone is 1. The molecule has 1 aromatic carbocycles. The molecule has 0 radical (unpaired) electrons. The van der Waals surface area contributed by atoms with E-state index in [9.17, 15) is 26.7 Å². The predicted octanol–water partition coefficient (Wildman–Crippen LogP) is 7.16. The molecule has 3 aliphatic rings. The molecule has 5 atom stereocenters. The van der Waals surface area contributed by atoms with E-state index in [0.29, 0.717) is 35.8 Å². The maximum absolute atomic E-state index is 12.9. The Labute approximate surface area is 218 Å². The summed E-state index contributed by atoms with van der Waals surface area (Å²) in [4.78, 5) is 0. The average molecular weight is 542 g/mol. The first-order valence-corrected chi connectivity index (χ1v) is 14.7. The number of rotatable bonds is 11. The van der Waals surface area contributed by atoms with Crippen molar-refractivity contribution in [1.82, 2.24) is 0 Å². The Balaban J connectivity index is 1.32. The van der Waals surface area contributed by atoms with Gasteiger partial charge in [-0.05, 0) is 97.3 Å². The van der Waals surface area contributed by atoms with E-state index in [2.05, 4.69) is 30.4 Å². The third-order valence-electron chi connectivity index (χ3n) is 9.19.